The molecule has 0 spiro atoms. The standard InChI is InChI=1S/C45H82O4/c1-5-7-9-11-13-15-17-19-21-23-25-27-29-31-33-35-37-48-43-40-42(45(46)47-4)39-41(3)44(43)49-38-36-34-32-30-28-26-24-22-20-18-16-14-12-10-8-6-2/h39-40H,5-38H2,1-4H3. The molecule has 49 heavy (non-hydrogen) atoms. The summed E-state index contributed by atoms with van der Waals surface area (Å²) < 4.78 is 17.5. The van der Waals surface area contributed by atoms with Gasteiger partial charge < -0.3 is 14.2 Å². The van der Waals surface area contributed by atoms with Gasteiger partial charge in [0.15, 0.2) is 11.5 Å². The highest BCUT2D eigenvalue weighted by Crippen LogP contribution is 2.33. The Balaban J connectivity index is 2.15. The van der Waals surface area contributed by atoms with E-state index in [9.17, 15) is 4.79 Å². The third-order valence-corrected chi connectivity index (χ3v) is 10.2. The van der Waals surface area contributed by atoms with E-state index in [1.54, 1.807) is 6.07 Å². The zero-order valence-electron chi connectivity index (χ0n) is 33.3. The monoisotopic (exact) mass is 687 g/mol. The van der Waals surface area contributed by atoms with Crippen LogP contribution in [0.4, 0.5) is 0 Å². The normalized spacial score (nSPS) is 11.3. The molecule has 1 aromatic rings. The van der Waals surface area contributed by atoms with Gasteiger partial charge in [-0.3, -0.25) is 0 Å². The minimum atomic E-state index is -0.334. The van der Waals surface area contributed by atoms with E-state index >= 15 is 0 Å². The lowest BCUT2D eigenvalue weighted by atomic mass is 10.0. The van der Waals surface area contributed by atoms with Crippen LogP contribution < -0.4 is 9.47 Å². The zero-order chi connectivity index (χ0) is 35.5. The lowest BCUT2D eigenvalue weighted by Gasteiger charge is -2.16. The fourth-order valence-electron chi connectivity index (χ4n) is 6.93. The van der Waals surface area contributed by atoms with Crippen molar-refractivity contribution >= 4 is 5.97 Å². The third-order valence-electron chi connectivity index (χ3n) is 10.2. The Bertz CT molecular complexity index is 866. The minimum absolute atomic E-state index is 0.334. The van der Waals surface area contributed by atoms with Crippen molar-refractivity contribution in [1.82, 2.24) is 0 Å². The highest BCUT2D eigenvalue weighted by atomic mass is 16.5. The summed E-state index contributed by atoms with van der Waals surface area (Å²) in [5.41, 5.74) is 1.46. The molecule has 1 aromatic carbocycles. The van der Waals surface area contributed by atoms with Gasteiger partial charge in [0.2, 0.25) is 0 Å². The number of benzene rings is 1. The maximum absolute atomic E-state index is 12.3. The highest BCUT2D eigenvalue weighted by Gasteiger charge is 2.16. The minimum Gasteiger partial charge on any atom is -0.490 e. The lowest BCUT2D eigenvalue weighted by Crippen LogP contribution is -2.07. The Morgan fingerprint density at radius 3 is 1.08 bits per heavy atom. The van der Waals surface area contributed by atoms with Gasteiger partial charge in [-0.15, -0.1) is 0 Å². The largest absolute Gasteiger partial charge is 0.490 e. The number of hydrogen-bond acceptors (Lipinski definition) is 4. The van der Waals surface area contributed by atoms with Crippen LogP contribution in [0.25, 0.3) is 0 Å². The van der Waals surface area contributed by atoms with E-state index in [4.69, 9.17) is 14.2 Å². The number of carbonyl (C=O) groups is 1. The molecule has 0 atom stereocenters. The topological polar surface area (TPSA) is 44.8 Å². The molecule has 4 heteroatoms. The van der Waals surface area contributed by atoms with E-state index in [0.717, 1.165) is 24.2 Å². The Labute approximate surface area is 305 Å². The number of rotatable bonds is 37. The summed E-state index contributed by atoms with van der Waals surface area (Å²) in [6.07, 6.45) is 43.5. The van der Waals surface area contributed by atoms with Crippen LogP contribution in [-0.2, 0) is 4.74 Å². The van der Waals surface area contributed by atoms with Gasteiger partial charge in [0.25, 0.3) is 0 Å². The molecule has 0 unspecified atom stereocenters. The smallest absolute Gasteiger partial charge is 0.337 e. The Kier molecular flexibility index (Phi) is 32.1. The van der Waals surface area contributed by atoms with E-state index in [2.05, 4.69) is 13.8 Å². The molecular weight excluding hydrogens is 604 g/mol. The van der Waals surface area contributed by atoms with Crippen LogP contribution in [-0.4, -0.2) is 26.3 Å². The van der Waals surface area contributed by atoms with Crippen LogP contribution in [0.1, 0.15) is 235 Å². The molecule has 0 aromatic heterocycles. The van der Waals surface area contributed by atoms with Crippen LogP contribution >= 0.6 is 0 Å². The predicted molar refractivity (Wildman–Crippen MR) is 213 cm³/mol. The van der Waals surface area contributed by atoms with E-state index in [1.807, 2.05) is 13.0 Å². The summed E-state index contributed by atoms with van der Waals surface area (Å²) in [6, 6.07) is 3.66. The Hall–Kier alpha value is -1.71. The van der Waals surface area contributed by atoms with Gasteiger partial charge in [0, 0.05) is 0 Å². The highest BCUT2D eigenvalue weighted by molar-refractivity contribution is 5.90. The van der Waals surface area contributed by atoms with Crippen molar-refractivity contribution in [3.63, 3.8) is 0 Å². The number of aryl methyl sites for hydroxylation is 1. The maximum atomic E-state index is 12.3. The average molecular weight is 687 g/mol. The van der Waals surface area contributed by atoms with E-state index in [0.29, 0.717) is 24.5 Å². The summed E-state index contributed by atoms with van der Waals surface area (Å²) in [4.78, 5) is 12.3. The SMILES string of the molecule is CCCCCCCCCCCCCCCCCCOc1cc(C(=O)OC)cc(C)c1OCCCCCCCCCCCCCCCCCC. The number of unbranched alkanes of at least 4 members (excludes halogenated alkanes) is 30. The van der Waals surface area contributed by atoms with Crippen LogP contribution in [0, 0.1) is 6.92 Å². The maximum Gasteiger partial charge on any atom is 0.337 e. The van der Waals surface area contributed by atoms with Crippen LogP contribution in [0.15, 0.2) is 12.1 Å². The van der Waals surface area contributed by atoms with Gasteiger partial charge in [-0.25, -0.2) is 4.79 Å². The fraction of sp³-hybridized carbons (Fsp3) is 0.844. The fourth-order valence-corrected chi connectivity index (χ4v) is 6.93. The van der Waals surface area contributed by atoms with Crippen molar-refractivity contribution in [2.24, 2.45) is 0 Å². The molecular formula is C45H82O4. The summed E-state index contributed by atoms with van der Waals surface area (Å²) in [6.45, 7) is 7.92. The molecule has 0 saturated carbocycles. The van der Waals surface area contributed by atoms with Crippen LogP contribution in [0.2, 0.25) is 0 Å². The number of methoxy groups -OCH3 is 1. The van der Waals surface area contributed by atoms with Crippen LogP contribution in [0.3, 0.4) is 0 Å². The Morgan fingerprint density at radius 1 is 0.449 bits per heavy atom. The van der Waals surface area contributed by atoms with Gasteiger partial charge in [-0.05, 0) is 37.5 Å². The Morgan fingerprint density at radius 2 is 0.755 bits per heavy atom. The molecule has 4 nitrogen and oxygen atoms in total. The first-order chi connectivity index (χ1) is 24.1. The number of hydrogen-bond donors (Lipinski definition) is 0. The second-order valence-corrected chi connectivity index (χ2v) is 14.9. The first-order valence-corrected chi connectivity index (χ1v) is 21.6. The van der Waals surface area contributed by atoms with Crippen LogP contribution in [0.5, 0.6) is 11.5 Å². The van der Waals surface area contributed by atoms with Crippen molar-refractivity contribution in [1.29, 1.82) is 0 Å². The lowest BCUT2D eigenvalue weighted by molar-refractivity contribution is 0.0600. The van der Waals surface area contributed by atoms with Crippen molar-refractivity contribution in [3.8, 4) is 11.5 Å². The number of esters is 1. The summed E-state index contributed by atoms with van der Waals surface area (Å²) in [5, 5.41) is 0. The van der Waals surface area contributed by atoms with E-state index < -0.39 is 0 Å². The molecule has 286 valence electrons. The van der Waals surface area contributed by atoms with Crippen molar-refractivity contribution in [2.45, 2.75) is 226 Å². The second-order valence-electron chi connectivity index (χ2n) is 14.9. The molecule has 0 bridgehead atoms. The third kappa shape index (κ3) is 26.7. The first kappa shape index (κ1) is 45.3. The molecule has 0 aliphatic rings. The molecule has 0 fully saturated rings. The van der Waals surface area contributed by atoms with E-state index in [1.165, 1.54) is 200 Å². The second kappa shape index (κ2) is 34.7. The summed E-state index contributed by atoms with van der Waals surface area (Å²) in [5.74, 6) is 1.13. The first-order valence-electron chi connectivity index (χ1n) is 21.6. The van der Waals surface area contributed by atoms with Crippen molar-refractivity contribution in [2.75, 3.05) is 20.3 Å². The molecule has 0 aliphatic carbocycles. The zero-order valence-corrected chi connectivity index (χ0v) is 33.3. The molecule has 0 N–H and O–H groups in total. The average Bonchev–Trinajstić information content (AvgIpc) is 3.11. The summed E-state index contributed by atoms with van der Waals surface area (Å²) >= 11 is 0. The number of carbonyl (C=O) groups excluding carboxylic acids is 1. The van der Waals surface area contributed by atoms with Gasteiger partial charge in [0.05, 0.1) is 25.9 Å². The van der Waals surface area contributed by atoms with Crippen molar-refractivity contribution in [3.05, 3.63) is 23.3 Å². The van der Waals surface area contributed by atoms with Gasteiger partial charge in [-0.2, -0.15) is 0 Å². The quantitative estimate of drug-likeness (QED) is 0.0516. The molecule has 0 heterocycles. The van der Waals surface area contributed by atoms with E-state index in [-0.39, 0.29) is 5.97 Å². The summed E-state index contributed by atoms with van der Waals surface area (Å²) in [7, 11) is 1.43. The molecule has 0 radical (unpaired) electrons. The van der Waals surface area contributed by atoms with Crippen molar-refractivity contribution < 1.29 is 19.0 Å². The van der Waals surface area contributed by atoms with Gasteiger partial charge in [-0.1, -0.05) is 206 Å². The molecule has 0 aliphatic heterocycles. The number of ether oxygens (including phenoxy) is 3. The van der Waals surface area contributed by atoms with Gasteiger partial charge >= 0.3 is 5.97 Å². The molecule has 1 rings (SSSR count). The molecule has 0 amide bonds. The van der Waals surface area contributed by atoms with Gasteiger partial charge in [0.1, 0.15) is 0 Å². The molecule has 0 saturated heterocycles. The predicted octanol–water partition coefficient (Wildman–Crippen LogP) is 15.1.